The fourth-order valence-electron chi connectivity index (χ4n) is 2.84. The van der Waals surface area contributed by atoms with E-state index >= 15 is 0 Å². The maximum atomic E-state index is 13.6. The number of hydrogen-bond acceptors (Lipinski definition) is 6. The van der Waals surface area contributed by atoms with Gasteiger partial charge in [0.05, 0.1) is 32.3 Å². The number of hydrogen-bond donors (Lipinski definition) is 0. The van der Waals surface area contributed by atoms with Gasteiger partial charge in [-0.2, -0.15) is 0 Å². The number of aromatic nitrogens is 2. The minimum Gasteiger partial charge on any atom is -0.279 e. The van der Waals surface area contributed by atoms with Crippen LogP contribution in [0.4, 0.5) is 15.2 Å². The minimum atomic E-state index is -0.598. The van der Waals surface area contributed by atoms with Gasteiger partial charge in [-0.1, -0.05) is 29.0 Å². The molecule has 2 heterocycles. The van der Waals surface area contributed by atoms with Crippen LogP contribution in [-0.2, 0) is 6.54 Å². The van der Waals surface area contributed by atoms with Crippen molar-refractivity contribution in [3.63, 3.8) is 0 Å². The molecule has 0 fully saturated rings. The molecule has 0 N–H and O–H groups in total. The summed E-state index contributed by atoms with van der Waals surface area (Å²) in [6, 6.07) is 11.3. The summed E-state index contributed by atoms with van der Waals surface area (Å²) in [6.45, 7) is 0.105. The van der Waals surface area contributed by atoms with Gasteiger partial charge >= 0.3 is 0 Å². The van der Waals surface area contributed by atoms with E-state index in [4.69, 9.17) is 11.6 Å². The molecule has 2 aromatic carbocycles. The maximum Gasteiger partial charge on any atom is 0.270 e. The molecular formula is C20H12ClFN4O3S. The Labute approximate surface area is 178 Å². The van der Waals surface area contributed by atoms with Crippen molar-refractivity contribution in [1.82, 2.24) is 9.97 Å². The lowest BCUT2D eigenvalue weighted by Crippen LogP contribution is -2.30. The van der Waals surface area contributed by atoms with Gasteiger partial charge in [-0.25, -0.2) is 9.37 Å². The third-order valence-electron chi connectivity index (χ3n) is 4.27. The largest absolute Gasteiger partial charge is 0.279 e. The maximum absolute atomic E-state index is 13.6. The standard InChI is InChI=1S/C20H12ClFN4O3S/c21-16-5-4-14(26(28)29)9-15(16)19(27)25(11-12-2-1-7-23-10-12)20-24-17-6-3-13(22)8-18(17)30-20/h1-10H,11H2. The van der Waals surface area contributed by atoms with Crippen LogP contribution < -0.4 is 4.90 Å². The molecule has 4 aromatic rings. The van der Waals surface area contributed by atoms with Crippen molar-refractivity contribution in [1.29, 1.82) is 0 Å². The summed E-state index contributed by atoms with van der Waals surface area (Å²) in [7, 11) is 0. The van der Waals surface area contributed by atoms with Crippen LogP contribution in [0.2, 0.25) is 5.02 Å². The number of amides is 1. The molecule has 0 bridgehead atoms. The molecule has 0 saturated heterocycles. The summed E-state index contributed by atoms with van der Waals surface area (Å²) in [6.07, 6.45) is 3.20. The van der Waals surface area contributed by atoms with Gasteiger partial charge in [0, 0.05) is 24.5 Å². The van der Waals surface area contributed by atoms with Gasteiger partial charge in [0.1, 0.15) is 5.82 Å². The zero-order valence-electron chi connectivity index (χ0n) is 15.2. The van der Waals surface area contributed by atoms with Crippen molar-refractivity contribution >= 4 is 49.9 Å². The van der Waals surface area contributed by atoms with Crippen molar-refractivity contribution in [2.75, 3.05) is 4.90 Å². The molecule has 1 amide bonds. The highest BCUT2D eigenvalue weighted by Gasteiger charge is 2.25. The van der Waals surface area contributed by atoms with E-state index in [0.29, 0.717) is 15.3 Å². The van der Waals surface area contributed by atoms with Gasteiger partial charge < -0.3 is 0 Å². The molecule has 2 aromatic heterocycles. The second-order valence-electron chi connectivity index (χ2n) is 6.28. The number of non-ortho nitro benzene ring substituents is 1. The first-order valence-electron chi connectivity index (χ1n) is 8.63. The molecule has 150 valence electrons. The van der Waals surface area contributed by atoms with E-state index in [2.05, 4.69) is 9.97 Å². The number of rotatable bonds is 5. The molecule has 0 aliphatic heterocycles. The van der Waals surface area contributed by atoms with Crippen LogP contribution in [0.1, 0.15) is 15.9 Å². The summed E-state index contributed by atoms with van der Waals surface area (Å²) in [5.41, 5.74) is 0.971. The zero-order chi connectivity index (χ0) is 21.3. The molecule has 0 spiro atoms. The van der Waals surface area contributed by atoms with Crippen LogP contribution in [0.5, 0.6) is 0 Å². The Balaban J connectivity index is 1.81. The predicted octanol–water partition coefficient (Wildman–Crippen LogP) is 5.24. The SMILES string of the molecule is O=C(c1cc([N+](=O)[O-])ccc1Cl)N(Cc1cccnc1)c1nc2ccc(F)cc2s1. The van der Waals surface area contributed by atoms with Crippen LogP contribution in [0.15, 0.2) is 60.9 Å². The second kappa shape index (κ2) is 8.13. The highest BCUT2D eigenvalue weighted by atomic mass is 35.5. The third kappa shape index (κ3) is 3.98. The Hall–Kier alpha value is -3.43. The Morgan fingerprint density at radius 3 is 2.80 bits per heavy atom. The van der Waals surface area contributed by atoms with Gasteiger partial charge in [-0.15, -0.1) is 0 Å². The number of thiazole rings is 1. The normalized spacial score (nSPS) is 10.9. The highest BCUT2D eigenvalue weighted by Crippen LogP contribution is 2.33. The number of anilines is 1. The van der Waals surface area contributed by atoms with Gasteiger partial charge in [0.15, 0.2) is 5.13 Å². The molecule has 30 heavy (non-hydrogen) atoms. The van der Waals surface area contributed by atoms with Crippen LogP contribution in [0.25, 0.3) is 10.2 Å². The number of nitro benzene ring substituents is 1. The van der Waals surface area contributed by atoms with E-state index in [1.165, 1.54) is 35.2 Å². The summed E-state index contributed by atoms with van der Waals surface area (Å²) < 4.78 is 14.2. The average molecular weight is 443 g/mol. The molecule has 7 nitrogen and oxygen atoms in total. The molecule has 0 aliphatic rings. The van der Waals surface area contributed by atoms with E-state index in [1.807, 2.05) is 0 Å². The van der Waals surface area contributed by atoms with E-state index < -0.39 is 16.6 Å². The molecule has 10 heteroatoms. The van der Waals surface area contributed by atoms with Crippen molar-refractivity contribution in [2.24, 2.45) is 0 Å². The first-order valence-corrected chi connectivity index (χ1v) is 9.82. The number of pyridine rings is 1. The van der Waals surface area contributed by atoms with Crippen LogP contribution >= 0.6 is 22.9 Å². The smallest absolute Gasteiger partial charge is 0.270 e. The summed E-state index contributed by atoms with van der Waals surface area (Å²) >= 11 is 7.32. The molecule has 0 atom stereocenters. The molecular weight excluding hydrogens is 431 g/mol. The monoisotopic (exact) mass is 442 g/mol. The highest BCUT2D eigenvalue weighted by molar-refractivity contribution is 7.22. The van der Waals surface area contributed by atoms with E-state index in [0.717, 1.165) is 23.0 Å². The zero-order valence-corrected chi connectivity index (χ0v) is 16.7. The molecule has 4 rings (SSSR count). The number of nitrogens with zero attached hydrogens (tertiary/aromatic N) is 4. The van der Waals surface area contributed by atoms with Crippen LogP contribution in [0.3, 0.4) is 0 Å². The fraction of sp³-hybridized carbons (Fsp3) is 0.0500. The minimum absolute atomic E-state index is 0.0276. The first-order chi connectivity index (χ1) is 14.4. The topological polar surface area (TPSA) is 89.2 Å². The second-order valence-corrected chi connectivity index (χ2v) is 7.70. The first kappa shape index (κ1) is 19.9. The summed E-state index contributed by atoms with van der Waals surface area (Å²) in [4.78, 5) is 33.8. The number of halogens is 2. The molecule has 0 radical (unpaired) electrons. The number of fused-ring (bicyclic) bond motifs is 1. The van der Waals surface area contributed by atoms with Crippen LogP contribution in [-0.4, -0.2) is 20.8 Å². The van der Waals surface area contributed by atoms with Crippen molar-refractivity contribution in [2.45, 2.75) is 6.54 Å². The lowest BCUT2D eigenvalue weighted by Gasteiger charge is -2.20. The van der Waals surface area contributed by atoms with Gasteiger partial charge in [-0.3, -0.25) is 24.8 Å². The quantitative estimate of drug-likeness (QED) is 0.311. The third-order valence-corrected chi connectivity index (χ3v) is 5.64. The van der Waals surface area contributed by atoms with Crippen molar-refractivity contribution in [3.8, 4) is 0 Å². The van der Waals surface area contributed by atoms with Gasteiger partial charge in [0.25, 0.3) is 11.6 Å². The Morgan fingerprint density at radius 2 is 2.07 bits per heavy atom. The lowest BCUT2D eigenvalue weighted by molar-refractivity contribution is -0.384. The lowest BCUT2D eigenvalue weighted by atomic mass is 10.1. The summed E-state index contributed by atoms with van der Waals surface area (Å²) in [5, 5.41) is 11.5. The number of carbonyl (C=O) groups excluding carboxylic acids is 1. The Morgan fingerprint density at radius 1 is 1.23 bits per heavy atom. The van der Waals surface area contributed by atoms with E-state index in [1.54, 1.807) is 24.5 Å². The summed E-state index contributed by atoms with van der Waals surface area (Å²) in [5.74, 6) is -0.975. The van der Waals surface area contributed by atoms with Gasteiger partial charge in [0.2, 0.25) is 0 Å². The van der Waals surface area contributed by atoms with E-state index in [9.17, 15) is 19.3 Å². The molecule has 0 unspecified atom stereocenters. The average Bonchev–Trinajstić information content (AvgIpc) is 3.15. The Kier molecular flexibility index (Phi) is 5.39. The van der Waals surface area contributed by atoms with Crippen molar-refractivity contribution in [3.05, 3.63) is 93.0 Å². The molecule has 0 aliphatic carbocycles. The number of nitro groups is 1. The van der Waals surface area contributed by atoms with E-state index in [-0.39, 0.29) is 22.8 Å². The Bertz CT molecular complexity index is 1270. The fourth-order valence-corrected chi connectivity index (χ4v) is 4.02. The predicted molar refractivity (Wildman–Crippen MR) is 112 cm³/mol. The number of carbonyl (C=O) groups is 1. The molecule has 0 saturated carbocycles. The van der Waals surface area contributed by atoms with Crippen LogP contribution in [0, 0.1) is 15.9 Å². The van der Waals surface area contributed by atoms with Gasteiger partial charge in [-0.05, 0) is 35.9 Å². The van der Waals surface area contributed by atoms with Crippen molar-refractivity contribution < 1.29 is 14.1 Å². The number of benzene rings is 2.